The number of ether oxygens (including phenoxy) is 2. The molecule has 1 saturated carbocycles. The predicted molar refractivity (Wildman–Crippen MR) is 149 cm³/mol. The van der Waals surface area contributed by atoms with Gasteiger partial charge in [-0.3, -0.25) is 0 Å². The van der Waals surface area contributed by atoms with Crippen molar-refractivity contribution in [3.05, 3.63) is 76.3 Å². The number of rotatable bonds is 9. The van der Waals surface area contributed by atoms with E-state index in [-0.39, 0.29) is 18.7 Å². The van der Waals surface area contributed by atoms with E-state index >= 15 is 0 Å². The number of hydrogen-bond donors (Lipinski definition) is 3. The number of halogens is 2. The maximum atomic E-state index is 12.7. The van der Waals surface area contributed by atoms with E-state index in [4.69, 9.17) is 32.7 Å². The molecule has 3 aromatic rings. The Hall–Kier alpha value is -2.93. The van der Waals surface area contributed by atoms with Crippen molar-refractivity contribution in [3.63, 3.8) is 0 Å². The summed E-state index contributed by atoms with van der Waals surface area (Å²) in [5.41, 5.74) is 3.90. The SMILES string of the molecule is O=C(NCC(CCNC1CCCC1)c1cccc(-c2ccc3c(c2)OCO3)c1)Nc1cc(Cl)cc(Cl)c1. The van der Waals surface area contributed by atoms with E-state index in [0.29, 0.717) is 28.3 Å². The number of nitrogens with one attached hydrogen (secondary N) is 3. The van der Waals surface area contributed by atoms with Crippen LogP contribution in [0, 0.1) is 0 Å². The largest absolute Gasteiger partial charge is 0.454 e. The number of amides is 2. The quantitative estimate of drug-likeness (QED) is 0.268. The molecule has 5 rings (SSSR count). The van der Waals surface area contributed by atoms with Crippen molar-refractivity contribution in [2.75, 3.05) is 25.2 Å². The summed E-state index contributed by atoms with van der Waals surface area (Å²) in [7, 11) is 0. The molecule has 2 aliphatic rings. The fourth-order valence-electron chi connectivity index (χ4n) is 5.04. The summed E-state index contributed by atoms with van der Waals surface area (Å²) in [4.78, 5) is 12.7. The molecule has 0 radical (unpaired) electrons. The van der Waals surface area contributed by atoms with Crippen LogP contribution in [0.5, 0.6) is 11.5 Å². The van der Waals surface area contributed by atoms with Gasteiger partial charge in [0.1, 0.15) is 0 Å². The van der Waals surface area contributed by atoms with Gasteiger partial charge in [-0.1, -0.05) is 66.4 Å². The Labute approximate surface area is 227 Å². The summed E-state index contributed by atoms with van der Waals surface area (Å²) < 4.78 is 11.0. The minimum atomic E-state index is -0.293. The van der Waals surface area contributed by atoms with Crippen molar-refractivity contribution in [3.8, 4) is 22.6 Å². The number of carbonyl (C=O) groups excluding carboxylic acids is 1. The number of hydrogen-bond acceptors (Lipinski definition) is 4. The number of anilines is 1. The highest BCUT2D eigenvalue weighted by Gasteiger charge is 2.19. The Bertz CT molecular complexity index is 1230. The third kappa shape index (κ3) is 6.89. The van der Waals surface area contributed by atoms with Crippen molar-refractivity contribution < 1.29 is 14.3 Å². The molecule has 3 aromatic carbocycles. The van der Waals surface area contributed by atoms with Crippen LogP contribution in [0.2, 0.25) is 10.0 Å². The molecule has 3 N–H and O–H groups in total. The molecule has 0 bridgehead atoms. The fraction of sp³-hybridized carbons (Fsp3) is 0.345. The van der Waals surface area contributed by atoms with Crippen LogP contribution in [0.15, 0.2) is 60.7 Å². The standard InChI is InChI=1S/C29H31Cl2N3O3/c30-23-14-24(31)16-26(15-23)34-29(35)33-17-22(10-11-32-25-6-1-2-7-25)20-5-3-4-19(12-20)21-8-9-27-28(13-21)37-18-36-27/h3-5,8-9,12-16,22,25,32H,1-2,6-7,10-11,17-18H2,(H2,33,34,35). The number of fused-ring (bicyclic) bond motifs is 1. The maximum Gasteiger partial charge on any atom is 0.319 e. The van der Waals surface area contributed by atoms with Crippen LogP contribution in [-0.4, -0.2) is 32.0 Å². The van der Waals surface area contributed by atoms with E-state index < -0.39 is 0 Å². The number of urea groups is 1. The third-order valence-corrected chi connectivity index (χ3v) is 7.41. The molecular formula is C29H31Cl2N3O3. The van der Waals surface area contributed by atoms with Gasteiger partial charge in [0, 0.05) is 34.2 Å². The average Bonchev–Trinajstić information content (AvgIpc) is 3.57. The van der Waals surface area contributed by atoms with Crippen LogP contribution in [0.4, 0.5) is 10.5 Å². The van der Waals surface area contributed by atoms with Gasteiger partial charge in [0.05, 0.1) is 0 Å². The Morgan fingerprint density at radius 2 is 1.68 bits per heavy atom. The minimum Gasteiger partial charge on any atom is -0.454 e. The first-order chi connectivity index (χ1) is 18.0. The van der Waals surface area contributed by atoms with Gasteiger partial charge >= 0.3 is 6.03 Å². The van der Waals surface area contributed by atoms with Crippen LogP contribution in [0.3, 0.4) is 0 Å². The van der Waals surface area contributed by atoms with E-state index in [2.05, 4.69) is 40.2 Å². The lowest BCUT2D eigenvalue weighted by molar-refractivity contribution is 0.174. The van der Waals surface area contributed by atoms with Crippen LogP contribution in [0.25, 0.3) is 11.1 Å². The molecule has 1 aliphatic carbocycles. The van der Waals surface area contributed by atoms with E-state index in [9.17, 15) is 4.79 Å². The monoisotopic (exact) mass is 539 g/mol. The van der Waals surface area contributed by atoms with Gasteiger partial charge < -0.3 is 25.4 Å². The van der Waals surface area contributed by atoms with Crippen LogP contribution in [0.1, 0.15) is 43.6 Å². The van der Waals surface area contributed by atoms with Gasteiger partial charge in [0.25, 0.3) is 0 Å². The summed E-state index contributed by atoms with van der Waals surface area (Å²) in [5, 5.41) is 10.5. The highest BCUT2D eigenvalue weighted by atomic mass is 35.5. The zero-order valence-electron chi connectivity index (χ0n) is 20.6. The Kier molecular flexibility index (Phi) is 8.39. The zero-order valence-corrected chi connectivity index (χ0v) is 22.1. The first-order valence-electron chi connectivity index (χ1n) is 12.8. The molecular weight excluding hydrogens is 509 g/mol. The Morgan fingerprint density at radius 1 is 0.919 bits per heavy atom. The first-order valence-corrected chi connectivity index (χ1v) is 13.5. The summed E-state index contributed by atoms with van der Waals surface area (Å²) in [5.74, 6) is 1.67. The lowest BCUT2D eigenvalue weighted by Crippen LogP contribution is -2.34. The normalized spacial score (nSPS) is 15.5. The molecule has 8 heteroatoms. The molecule has 0 saturated heterocycles. The van der Waals surface area contributed by atoms with Crippen molar-refractivity contribution in [1.82, 2.24) is 10.6 Å². The van der Waals surface area contributed by atoms with Crippen LogP contribution in [-0.2, 0) is 0 Å². The molecule has 1 aliphatic heterocycles. The fourth-order valence-corrected chi connectivity index (χ4v) is 5.57. The van der Waals surface area contributed by atoms with E-state index in [1.54, 1.807) is 18.2 Å². The van der Waals surface area contributed by atoms with Crippen molar-refractivity contribution in [2.24, 2.45) is 0 Å². The molecule has 0 aromatic heterocycles. The molecule has 6 nitrogen and oxygen atoms in total. The van der Waals surface area contributed by atoms with E-state index in [1.807, 2.05) is 18.2 Å². The first kappa shape index (κ1) is 25.7. The van der Waals surface area contributed by atoms with Crippen LogP contribution < -0.4 is 25.4 Å². The Balaban J connectivity index is 1.28. The highest BCUT2D eigenvalue weighted by Crippen LogP contribution is 2.36. The second-order valence-corrected chi connectivity index (χ2v) is 10.5. The maximum absolute atomic E-state index is 12.7. The average molecular weight is 540 g/mol. The highest BCUT2D eigenvalue weighted by molar-refractivity contribution is 6.35. The molecule has 0 spiro atoms. The summed E-state index contributed by atoms with van der Waals surface area (Å²) in [6, 6.07) is 19.8. The van der Waals surface area contributed by atoms with Gasteiger partial charge in [-0.15, -0.1) is 0 Å². The predicted octanol–water partition coefficient (Wildman–Crippen LogP) is 7.22. The summed E-state index contributed by atoms with van der Waals surface area (Å²) in [6.45, 7) is 1.65. The molecule has 1 atom stereocenters. The van der Waals surface area contributed by atoms with Gasteiger partial charge in [0.15, 0.2) is 11.5 Å². The molecule has 1 heterocycles. The second-order valence-electron chi connectivity index (χ2n) is 9.61. The molecule has 2 amide bonds. The molecule has 37 heavy (non-hydrogen) atoms. The topological polar surface area (TPSA) is 71.6 Å². The smallest absolute Gasteiger partial charge is 0.319 e. The lowest BCUT2D eigenvalue weighted by atomic mass is 9.92. The molecule has 1 fully saturated rings. The van der Waals surface area contributed by atoms with Crippen molar-refractivity contribution in [1.29, 1.82) is 0 Å². The van der Waals surface area contributed by atoms with E-state index in [0.717, 1.165) is 35.6 Å². The third-order valence-electron chi connectivity index (χ3n) is 6.97. The van der Waals surface area contributed by atoms with Gasteiger partial charge in [-0.2, -0.15) is 0 Å². The summed E-state index contributed by atoms with van der Waals surface area (Å²) >= 11 is 12.1. The Morgan fingerprint density at radius 3 is 2.49 bits per heavy atom. The minimum absolute atomic E-state index is 0.136. The molecule has 1 unspecified atom stereocenters. The number of carbonyl (C=O) groups is 1. The van der Waals surface area contributed by atoms with Gasteiger partial charge in [-0.25, -0.2) is 4.79 Å². The zero-order chi connectivity index (χ0) is 25.6. The number of benzene rings is 3. The van der Waals surface area contributed by atoms with Gasteiger partial charge in [-0.05, 0) is 72.8 Å². The molecule has 194 valence electrons. The van der Waals surface area contributed by atoms with Crippen molar-refractivity contribution in [2.45, 2.75) is 44.1 Å². The van der Waals surface area contributed by atoms with Crippen molar-refractivity contribution >= 4 is 34.9 Å². The lowest BCUT2D eigenvalue weighted by Gasteiger charge is -2.21. The van der Waals surface area contributed by atoms with Crippen LogP contribution >= 0.6 is 23.2 Å². The van der Waals surface area contributed by atoms with E-state index in [1.165, 1.54) is 31.2 Å². The second kappa shape index (κ2) is 12.1. The summed E-state index contributed by atoms with van der Waals surface area (Å²) in [6.07, 6.45) is 5.99. The van der Waals surface area contributed by atoms with Gasteiger partial charge in [0.2, 0.25) is 6.79 Å².